The highest BCUT2D eigenvalue weighted by molar-refractivity contribution is 9.10. The topological polar surface area (TPSA) is 30.2 Å². The van der Waals surface area contributed by atoms with Crippen molar-refractivity contribution in [1.82, 2.24) is 14.6 Å². The van der Waals surface area contributed by atoms with Crippen LogP contribution in [0.4, 0.5) is 0 Å². The van der Waals surface area contributed by atoms with Crippen molar-refractivity contribution in [2.45, 2.75) is 18.8 Å². The largest absolute Gasteiger partial charge is 0.237 e. The van der Waals surface area contributed by atoms with E-state index in [1.165, 1.54) is 12.8 Å². The molecule has 1 aliphatic carbocycles. The zero-order valence-electron chi connectivity index (χ0n) is 6.94. The summed E-state index contributed by atoms with van der Waals surface area (Å²) in [5, 5.41) is 4.46. The summed E-state index contributed by atoms with van der Waals surface area (Å²) in [4.78, 5) is 4.33. The minimum absolute atomic E-state index is 0.610. The van der Waals surface area contributed by atoms with Crippen molar-refractivity contribution in [1.29, 1.82) is 0 Å². The number of rotatable bonds is 1. The molecule has 0 spiro atoms. The van der Waals surface area contributed by atoms with E-state index in [9.17, 15) is 0 Å². The molecule has 1 saturated carbocycles. The van der Waals surface area contributed by atoms with Crippen LogP contribution in [0.3, 0.4) is 0 Å². The van der Waals surface area contributed by atoms with Gasteiger partial charge in [-0.3, -0.25) is 0 Å². The molecule has 13 heavy (non-hydrogen) atoms. The lowest BCUT2D eigenvalue weighted by Gasteiger charge is -1.98. The van der Waals surface area contributed by atoms with E-state index in [1.54, 1.807) is 0 Å². The lowest BCUT2D eigenvalue weighted by molar-refractivity contribution is 0.795. The molecule has 0 bridgehead atoms. The summed E-state index contributed by atoms with van der Waals surface area (Å²) < 4.78 is 2.88. The van der Waals surface area contributed by atoms with E-state index >= 15 is 0 Å². The van der Waals surface area contributed by atoms with Crippen LogP contribution in [0, 0.1) is 0 Å². The van der Waals surface area contributed by atoms with Crippen LogP contribution in [0.2, 0.25) is 0 Å². The van der Waals surface area contributed by atoms with Gasteiger partial charge < -0.3 is 0 Å². The van der Waals surface area contributed by atoms with E-state index in [0.717, 1.165) is 15.9 Å². The summed E-state index contributed by atoms with van der Waals surface area (Å²) in [6, 6.07) is 3.99. The number of fused-ring (bicyclic) bond motifs is 1. The Morgan fingerprint density at radius 1 is 1.38 bits per heavy atom. The fourth-order valence-electron chi connectivity index (χ4n) is 1.41. The van der Waals surface area contributed by atoms with Crippen molar-refractivity contribution in [3.63, 3.8) is 0 Å². The van der Waals surface area contributed by atoms with E-state index in [-0.39, 0.29) is 0 Å². The molecule has 1 fully saturated rings. The number of aromatic nitrogens is 3. The SMILES string of the molecule is Brc1ccc2cnc(C3CC3)nn12. The van der Waals surface area contributed by atoms with Crippen LogP contribution in [0.5, 0.6) is 0 Å². The van der Waals surface area contributed by atoms with Gasteiger partial charge in [-0.15, -0.1) is 0 Å². The van der Waals surface area contributed by atoms with Gasteiger partial charge in [0.15, 0.2) is 5.82 Å². The lowest BCUT2D eigenvalue weighted by Crippen LogP contribution is -1.99. The maximum atomic E-state index is 4.46. The first kappa shape index (κ1) is 7.50. The number of nitrogens with zero attached hydrogens (tertiary/aromatic N) is 3. The maximum absolute atomic E-state index is 4.46. The van der Waals surface area contributed by atoms with Crippen LogP contribution in [0.15, 0.2) is 22.9 Å². The predicted octanol–water partition coefficient (Wildman–Crippen LogP) is 2.37. The molecule has 3 rings (SSSR count). The van der Waals surface area contributed by atoms with Crippen LogP contribution in [0.25, 0.3) is 5.52 Å². The molecule has 2 aromatic heterocycles. The Morgan fingerprint density at radius 2 is 2.23 bits per heavy atom. The molecule has 0 amide bonds. The van der Waals surface area contributed by atoms with Gasteiger partial charge >= 0.3 is 0 Å². The first-order valence-electron chi connectivity index (χ1n) is 4.35. The molecule has 3 nitrogen and oxygen atoms in total. The van der Waals surface area contributed by atoms with Crippen molar-refractivity contribution in [2.24, 2.45) is 0 Å². The zero-order chi connectivity index (χ0) is 8.84. The Morgan fingerprint density at radius 3 is 3.00 bits per heavy atom. The molecule has 1 aliphatic rings. The quantitative estimate of drug-likeness (QED) is 0.763. The third kappa shape index (κ3) is 1.16. The molecule has 0 aliphatic heterocycles. The predicted molar refractivity (Wildman–Crippen MR) is 52.7 cm³/mol. The van der Waals surface area contributed by atoms with E-state index < -0.39 is 0 Å². The summed E-state index contributed by atoms with van der Waals surface area (Å²) in [6.45, 7) is 0. The Hall–Kier alpha value is -0.900. The Balaban J connectivity index is 2.24. The molecule has 2 heterocycles. The highest BCUT2D eigenvalue weighted by atomic mass is 79.9. The Labute approximate surface area is 83.9 Å². The van der Waals surface area contributed by atoms with Crippen LogP contribution in [-0.4, -0.2) is 14.6 Å². The van der Waals surface area contributed by atoms with Gasteiger partial charge in [-0.1, -0.05) is 0 Å². The normalized spacial score (nSPS) is 16.7. The van der Waals surface area contributed by atoms with Crippen LogP contribution in [0.1, 0.15) is 24.6 Å². The molecule has 4 heteroatoms. The number of hydrogen-bond donors (Lipinski definition) is 0. The van der Waals surface area contributed by atoms with Gasteiger partial charge in [0.2, 0.25) is 0 Å². The van der Waals surface area contributed by atoms with Crippen LogP contribution < -0.4 is 0 Å². The average Bonchev–Trinajstić information content (AvgIpc) is 2.93. The highest BCUT2D eigenvalue weighted by Crippen LogP contribution is 2.37. The minimum atomic E-state index is 0.610. The fraction of sp³-hybridized carbons (Fsp3) is 0.333. The molecule has 66 valence electrons. The van der Waals surface area contributed by atoms with Gasteiger partial charge in [0.1, 0.15) is 4.60 Å². The first-order valence-corrected chi connectivity index (χ1v) is 5.14. The molecule has 0 radical (unpaired) electrons. The lowest BCUT2D eigenvalue weighted by atomic mass is 10.4. The number of halogens is 1. The maximum Gasteiger partial charge on any atom is 0.152 e. The third-order valence-corrected chi connectivity index (χ3v) is 2.91. The molecule has 0 atom stereocenters. The fourth-order valence-corrected chi connectivity index (χ4v) is 1.83. The second-order valence-electron chi connectivity index (χ2n) is 3.38. The van der Waals surface area contributed by atoms with Crippen molar-refractivity contribution in [3.05, 3.63) is 28.8 Å². The molecular formula is C9H8BrN3. The van der Waals surface area contributed by atoms with Crippen molar-refractivity contribution < 1.29 is 0 Å². The van der Waals surface area contributed by atoms with E-state index in [4.69, 9.17) is 0 Å². The van der Waals surface area contributed by atoms with Crippen molar-refractivity contribution in [2.75, 3.05) is 0 Å². The van der Waals surface area contributed by atoms with Crippen LogP contribution >= 0.6 is 15.9 Å². The second kappa shape index (κ2) is 2.54. The molecular weight excluding hydrogens is 230 g/mol. The van der Waals surface area contributed by atoms with Gasteiger partial charge in [-0.25, -0.2) is 9.50 Å². The monoisotopic (exact) mass is 237 g/mol. The summed E-state index contributed by atoms with van der Waals surface area (Å²) in [7, 11) is 0. The summed E-state index contributed by atoms with van der Waals surface area (Å²) >= 11 is 3.44. The Kier molecular flexibility index (Phi) is 1.47. The zero-order valence-corrected chi connectivity index (χ0v) is 8.53. The number of hydrogen-bond acceptors (Lipinski definition) is 2. The van der Waals surface area contributed by atoms with Gasteiger partial charge in [0, 0.05) is 5.92 Å². The molecule has 0 aromatic carbocycles. The van der Waals surface area contributed by atoms with Gasteiger partial charge in [-0.05, 0) is 40.9 Å². The van der Waals surface area contributed by atoms with Gasteiger partial charge in [0.25, 0.3) is 0 Å². The van der Waals surface area contributed by atoms with E-state index in [0.29, 0.717) is 5.92 Å². The standard InChI is InChI=1S/C9H8BrN3/c10-8-4-3-7-5-11-9(6-1-2-6)12-13(7)8/h3-6H,1-2H2. The van der Waals surface area contributed by atoms with E-state index in [2.05, 4.69) is 26.0 Å². The van der Waals surface area contributed by atoms with E-state index in [1.807, 2.05) is 22.8 Å². The van der Waals surface area contributed by atoms with Gasteiger partial charge in [-0.2, -0.15) is 5.10 Å². The first-order chi connectivity index (χ1) is 6.34. The molecule has 0 unspecified atom stereocenters. The van der Waals surface area contributed by atoms with Crippen LogP contribution in [-0.2, 0) is 0 Å². The van der Waals surface area contributed by atoms with Crippen molar-refractivity contribution in [3.8, 4) is 0 Å². The smallest absolute Gasteiger partial charge is 0.152 e. The van der Waals surface area contributed by atoms with Gasteiger partial charge in [0.05, 0.1) is 11.7 Å². The second-order valence-corrected chi connectivity index (χ2v) is 4.20. The summed E-state index contributed by atoms with van der Waals surface area (Å²) in [5.74, 6) is 1.59. The summed E-state index contributed by atoms with van der Waals surface area (Å²) in [6.07, 6.45) is 4.36. The van der Waals surface area contributed by atoms with Crippen molar-refractivity contribution >= 4 is 21.4 Å². The minimum Gasteiger partial charge on any atom is -0.237 e. The molecule has 2 aromatic rings. The molecule has 0 N–H and O–H groups in total. The highest BCUT2D eigenvalue weighted by Gasteiger charge is 2.26. The Bertz CT molecular complexity index is 459. The molecule has 0 saturated heterocycles. The third-order valence-electron chi connectivity index (χ3n) is 2.31. The summed E-state index contributed by atoms with van der Waals surface area (Å²) in [5.41, 5.74) is 1.04. The average molecular weight is 238 g/mol.